The number of likely N-dealkylation sites (tertiary alicyclic amines) is 1. The molecule has 3 nitrogen and oxygen atoms in total. The number of alkyl halides is 1. The van der Waals surface area contributed by atoms with Crippen LogP contribution in [-0.2, 0) is 10.2 Å². The predicted molar refractivity (Wildman–Crippen MR) is 84.4 cm³/mol. The topological polar surface area (TPSA) is 33.2 Å². The van der Waals surface area contributed by atoms with Gasteiger partial charge >= 0.3 is 0 Å². The summed E-state index contributed by atoms with van der Waals surface area (Å²) in [6.45, 7) is 9.03. The van der Waals surface area contributed by atoms with E-state index in [-0.39, 0.29) is 17.4 Å². The summed E-state index contributed by atoms with van der Waals surface area (Å²) in [4.78, 5) is 19.0. The molecule has 1 fully saturated rings. The number of halogens is 1. The highest BCUT2D eigenvalue weighted by Gasteiger charge is 2.32. The van der Waals surface area contributed by atoms with Crippen LogP contribution in [0, 0.1) is 0 Å². The molecule has 0 spiro atoms. The van der Waals surface area contributed by atoms with Crippen molar-refractivity contribution >= 4 is 28.8 Å². The fourth-order valence-corrected chi connectivity index (χ4v) is 3.78. The van der Waals surface area contributed by atoms with Crippen molar-refractivity contribution in [1.82, 2.24) is 9.88 Å². The third kappa shape index (κ3) is 3.34. The van der Waals surface area contributed by atoms with E-state index in [1.54, 1.807) is 18.3 Å². The zero-order chi connectivity index (χ0) is 14.9. The molecule has 2 heterocycles. The van der Waals surface area contributed by atoms with E-state index in [0.29, 0.717) is 0 Å². The number of carbonyl (C=O) groups excluding carboxylic acids is 1. The van der Waals surface area contributed by atoms with Crippen molar-refractivity contribution in [3.63, 3.8) is 0 Å². The molecule has 2 atom stereocenters. The van der Waals surface area contributed by atoms with Gasteiger partial charge in [0.2, 0.25) is 5.91 Å². The van der Waals surface area contributed by atoms with E-state index in [9.17, 15) is 4.79 Å². The van der Waals surface area contributed by atoms with Crippen LogP contribution in [0.3, 0.4) is 0 Å². The molecule has 2 rings (SSSR count). The van der Waals surface area contributed by atoms with Crippen LogP contribution >= 0.6 is 22.9 Å². The van der Waals surface area contributed by atoms with Gasteiger partial charge < -0.3 is 4.90 Å². The van der Waals surface area contributed by atoms with Crippen LogP contribution in [0.15, 0.2) is 5.38 Å². The van der Waals surface area contributed by atoms with Gasteiger partial charge in [-0.15, -0.1) is 22.9 Å². The lowest BCUT2D eigenvalue weighted by atomic mass is 9.93. The van der Waals surface area contributed by atoms with Crippen molar-refractivity contribution in [2.45, 2.75) is 63.8 Å². The number of piperidine rings is 1. The molecule has 112 valence electrons. The molecule has 1 aromatic rings. The van der Waals surface area contributed by atoms with Crippen LogP contribution in [0.4, 0.5) is 0 Å². The molecule has 5 heteroatoms. The van der Waals surface area contributed by atoms with Crippen molar-refractivity contribution < 1.29 is 4.79 Å². The maximum absolute atomic E-state index is 12.3. The molecule has 1 saturated heterocycles. The molecule has 0 radical (unpaired) electrons. The maximum atomic E-state index is 12.3. The van der Waals surface area contributed by atoms with Gasteiger partial charge in [0, 0.05) is 17.3 Å². The van der Waals surface area contributed by atoms with Gasteiger partial charge in [0.05, 0.1) is 11.7 Å². The maximum Gasteiger partial charge on any atom is 0.240 e. The van der Waals surface area contributed by atoms with Gasteiger partial charge in [-0.1, -0.05) is 20.8 Å². The highest BCUT2D eigenvalue weighted by Crippen LogP contribution is 2.35. The summed E-state index contributed by atoms with van der Waals surface area (Å²) >= 11 is 7.65. The summed E-state index contributed by atoms with van der Waals surface area (Å²) in [6, 6.07) is 0.110. The average Bonchev–Trinajstić information content (AvgIpc) is 2.87. The van der Waals surface area contributed by atoms with E-state index in [1.807, 2.05) is 4.90 Å². The van der Waals surface area contributed by atoms with Gasteiger partial charge in [0.1, 0.15) is 10.4 Å². The van der Waals surface area contributed by atoms with Gasteiger partial charge in [0.25, 0.3) is 0 Å². The largest absolute Gasteiger partial charge is 0.332 e. The first kappa shape index (κ1) is 15.8. The molecule has 0 aliphatic carbocycles. The van der Waals surface area contributed by atoms with Gasteiger partial charge in [-0.2, -0.15) is 0 Å². The molecule has 1 aliphatic heterocycles. The molecule has 1 aromatic heterocycles. The minimum atomic E-state index is -0.461. The summed E-state index contributed by atoms with van der Waals surface area (Å²) in [7, 11) is 0. The molecule has 1 aliphatic rings. The number of hydrogen-bond acceptors (Lipinski definition) is 3. The quantitative estimate of drug-likeness (QED) is 0.769. The fraction of sp³-hybridized carbons (Fsp3) is 0.733. The minimum Gasteiger partial charge on any atom is -0.332 e. The Bertz CT molecular complexity index is 478. The Morgan fingerprint density at radius 2 is 2.20 bits per heavy atom. The van der Waals surface area contributed by atoms with Gasteiger partial charge in [-0.25, -0.2) is 4.98 Å². The number of thiazole rings is 1. The fourth-order valence-electron chi connectivity index (χ4n) is 2.47. The van der Waals surface area contributed by atoms with Crippen LogP contribution in [0.2, 0.25) is 0 Å². The zero-order valence-corrected chi connectivity index (χ0v) is 14.2. The second kappa shape index (κ2) is 6.02. The molecule has 0 saturated carbocycles. The summed E-state index contributed by atoms with van der Waals surface area (Å²) in [5.41, 5.74) is 1.16. The molecule has 0 N–H and O–H groups in total. The Kier molecular flexibility index (Phi) is 4.75. The highest BCUT2D eigenvalue weighted by molar-refractivity contribution is 7.09. The summed E-state index contributed by atoms with van der Waals surface area (Å²) in [5, 5.41) is 2.72. The second-order valence-electron chi connectivity index (χ2n) is 6.48. The van der Waals surface area contributed by atoms with Crippen molar-refractivity contribution in [2.75, 3.05) is 6.54 Å². The Labute approximate surface area is 130 Å². The Morgan fingerprint density at radius 3 is 2.75 bits per heavy atom. The van der Waals surface area contributed by atoms with Crippen LogP contribution in [0.25, 0.3) is 0 Å². The summed E-state index contributed by atoms with van der Waals surface area (Å²) < 4.78 is 0. The van der Waals surface area contributed by atoms with Gasteiger partial charge in [-0.3, -0.25) is 4.79 Å². The number of carbonyl (C=O) groups is 1. The number of aromatic nitrogens is 1. The molecule has 0 aromatic carbocycles. The van der Waals surface area contributed by atoms with Crippen molar-refractivity contribution in [3.05, 3.63) is 16.1 Å². The van der Waals surface area contributed by atoms with Gasteiger partial charge in [0.15, 0.2) is 0 Å². The molecule has 0 bridgehead atoms. The molecule has 20 heavy (non-hydrogen) atoms. The van der Waals surface area contributed by atoms with Crippen LogP contribution in [-0.4, -0.2) is 27.7 Å². The van der Waals surface area contributed by atoms with Crippen LogP contribution in [0.1, 0.15) is 63.7 Å². The van der Waals surface area contributed by atoms with E-state index in [0.717, 1.165) is 36.5 Å². The van der Waals surface area contributed by atoms with Crippen molar-refractivity contribution in [3.8, 4) is 0 Å². The second-order valence-corrected chi connectivity index (χ2v) is 8.02. The molecule has 1 amide bonds. The first-order valence-electron chi connectivity index (χ1n) is 7.21. The monoisotopic (exact) mass is 314 g/mol. The Hall–Kier alpha value is -0.610. The standard InChI is InChI=1S/C15H23ClN2OS/c1-10(16)14(19)18-8-6-5-7-11(18)13-17-12(9-20-13)15(2,3)4/h9-11H,5-8H2,1-4H3. The third-order valence-corrected chi connectivity index (χ3v) is 4.83. The van der Waals surface area contributed by atoms with Crippen molar-refractivity contribution in [1.29, 1.82) is 0 Å². The zero-order valence-electron chi connectivity index (χ0n) is 12.6. The lowest BCUT2D eigenvalue weighted by molar-refractivity contribution is -0.134. The van der Waals surface area contributed by atoms with E-state index < -0.39 is 5.38 Å². The number of amides is 1. The minimum absolute atomic E-state index is 0.0314. The normalized spacial score (nSPS) is 21.9. The molecular weight excluding hydrogens is 292 g/mol. The van der Waals surface area contributed by atoms with E-state index in [1.165, 1.54) is 0 Å². The Morgan fingerprint density at radius 1 is 1.50 bits per heavy atom. The first-order chi connectivity index (χ1) is 9.30. The summed E-state index contributed by atoms with van der Waals surface area (Å²) in [6.07, 6.45) is 3.20. The van der Waals surface area contributed by atoms with E-state index in [2.05, 4.69) is 26.2 Å². The SMILES string of the molecule is CC(Cl)C(=O)N1CCCCC1c1nc(C(C)(C)C)cs1. The van der Waals surface area contributed by atoms with Crippen molar-refractivity contribution in [2.24, 2.45) is 0 Å². The molecule has 2 unspecified atom stereocenters. The number of rotatable bonds is 2. The lowest BCUT2D eigenvalue weighted by Crippen LogP contribution is -2.41. The van der Waals surface area contributed by atoms with Gasteiger partial charge in [-0.05, 0) is 26.2 Å². The number of nitrogens with zero attached hydrogens (tertiary/aromatic N) is 2. The van der Waals surface area contributed by atoms with Crippen LogP contribution < -0.4 is 0 Å². The molecular formula is C15H23ClN2OS. The third-order valence-electron chi connectivity index (χ3n) is 3.70. The first-order valence-corrected chi connectivity index (χ1v) is 8.53. The van der Waals surface area contributed by atoms with Crippen LogP contribution in [0.5, 0.6) is 0 Å². The lowest BCUT2D eigenvalue weighted by Gasteiger charge is -2.35. The smallest absolute Gasteiger partial charge is 0.240 e. The van der Waals surface area contributed by atoms with E-state index in [4.69, 9.17) is 16.6 Å². The predicted octanol–water partition coefficient (Wildman–Crippen LogP) is 4.12. The highest BCUT2D eigenvalue weighted by atomic mass is 35.5. The Balaban J connectivity index is 2.24. The average molecular weight is 315 g/mol. The number of hydrogen-bond donors (Lipinski definition) is 0. The summed E-state index contributed by atoms with van der Waals surface area (Å²) in [5.74, 6) is 0.0314. The van der Waals surface area contributed by atoms with E-state index >= 15 is 0 Å².